The Morgan fingerprint density at radius 2 is 2.05 bits per heavy atom. The Balaban J connectivity index is 2.31. The van der Waals surface area contributed by atoms with E-state index in [4.69, 9.17) is 9.47 Å². The maximum absolute atomic E-state index is 5.91. The number of aryl methyl sites for hydroxylation is 1. The number of benzene rings is 1. The third-order valence-electron chi connectivity index (χ3n) is 2.95. The van der Waals surface area contributed by atoms with E-state index in [-0.39, 0.29) is 6.10 Å². The monoisotopic (exact) mass is 293 g/mol. The number of guanidine groups is 1. The van der Waals surface area contributed by atoms with E-state index in [0.717, 1.165) is 30.4 Å². The van der Waals surface area contributed by atoms with Crippen LogP contribution in [0.5, 0.6) is 5.75 Å². The molecular weight excluding hydrogens is 266 g/mol. The zero-order valence-corrected chi connectivity index (χ0v) is 13.5. The number of rotatable bonds is 8. The summed E-state index contributed by atoms with van der Waals surface area (Å²) in [5.74, 6) is 1.68. The highest BCUT2D eigenvalue weighted by Gasteiger charge is 2.07. The number of para-hydroxylation sites is 1. The van der Waals surface area contributed by atoms with Crippen LogP contribution in [0.3, 0.4) is 0 Å². The summed E-state index contributed by atoms with van der Waals surface area (Å²) in [5, 5.41) is 6.44. The van der Waals surface area contributed by atoms with Crippen LogP contribution in [0.1, 0.15) is 19.4 Å². The summed E-state index contributed by atoms with van der Waals surface area (Å²) in [4.78, 5) is 4.17. The average molecular weight is 293 g/mol. The van der Waals surface area contributed by atoms with E-state index in [2.05, 4.69) is 15.6 Å². The molecule has 0 aliphatic rings. The molecule has 0 bridgehead atoms. The zero-order chi connectivity index (χ0) is 15.5. The van der Waals surface area contributed by atoms with E-state index in [1.54, 1.807) is 7.05 Å². The topological polar surface area (TPSA) is 54.9 Å². The SMILES string of the molecule is CCOCCNC(=NC)NCC(C)Oc1ccccc1C. The van der Waals surface area contributed by atoms with Crippen LogP contribution in [-0.2, 0) is 4.74 Å². The van der Waals surface area contributed by atoms with Crippen molar-refractivity contribution in [3.05, 3.63) is 29.8 Å². The molecule has 118 valence electrons. The highest BCUT2D eigenvalue weighted by atomic mass is 16.5. The lowest BCUT2D eigenvalue weighted by molar-refractivity contribution is 0.152. The summed E-state index contributed by atoms with van der Waals surface area (Å²) in [6, 6.07) is 8.02. The fraction of sp³-hybridized carbons (Fsp3) is 0.562. The van der Waals surface area contributed by atoms with Crippen molar-refractivity contribution >= 4 is 5.96 Å². The van der Waals surface area contributed by atoms with Gasteiger partial charge < -0.3 is 20.1 Å². The van der Waals surface area contributed by atoms with Gasteiger partial charge in [-0.15, -0.1) is 0 Å². The first-order chi connectivity index (χ1) is 10.2. The van der Waals surface area contributed by atoms with E-state index in [1.165, 1.54) is 0 Å². The highest BCUT2D eigenvalue weighted by molar-refractivity contribution is 5.79. The largest absolute Gasteiger partial charge is 0.489 e. The zero-order valence-electron chi connectivity index (χ0n) is 13.5. The molecule has 0 aliphatic carbocycles. The van der Waals surface area contributed by atoms with Gasteiger partial charge in [-0.05, 0) is 32.4 Å². The molecule has 5 heteroatoms. The molecule has 1 unspecified atom stereocenters. The Bertz CT molecular complexity index is 435. The second kappa shape index (κ2) is 10.0. The van der Waals surface area contributed by atoms with Crippen molar-refractivity contribution in [2.75, 3.05) is 33.4 Å². The summed E-state index contributed by atoms with van der Waals surface area (Å²) in [6.07, 6.45) is 0.0524. The van der Waals surface area contributed by atoms with E-state index >= 15 is 0 Å². The van der Waals surface area contributed by atoms with Gasteiger partial charge in [0, 0.05) is 20.2 Å². The first kappa shape index (κ1) is 17.3. The van der Waals surface area contributed by atoms with Crippen LogP contribution >= 0.6 is 0 Å². The minimum atomic E-state index is 0.0524. The van der Waals surface area contributed by atoms with Gasteiger partial charge in [0.1, 0.15) is 11.9 Å². The van der Waals surface area contributed by atoms with Crippen LogP contribution in [0, 0.1) is 6.92 Å². The Hall–Kier alpha value is -1.75. The molecule has 1 atom stereocenters. The number of aliphatic imine (C=N–C) groups is 1. The molecule has 0 spiro atoms. The van der Waals surface area contributed by atoms with Crippen molar-refractivity contribution in [2.24, 2.45) is 4.99 Å². The molecule has 2 N–H and O–H groups in total. The third-order valence-corrected chi connectivity index (χ3v) is 2.95. The van der Waals surface area contributed by atoms with Crippen molar-refractivity contribution in [3.63, 3.8) is 0 Å². The number of hydrogen-bond acceptors (Lipinski definition) is 3. The van der Waals surface area contributed by atoms with Gasteiger partial charge in [-0.1, -0.05) is 18.2 Å². The fourth-order valence-corrected chi connectivity index (χ4v) is 1.79. The smallest absolute Gasteiger partial charge is 0.191 e. The van der Waals surface area contributed by atoms with Gasteiger partial charge in [-0.3, -0.25) is 4.99 Å². The highest BCUT2D eigenvalue weighted by Crippen LogP contribution is 2.17. The maximum atomic E-state index is 5.91. The molecule has 1 aromatic rings. The van der Waals surface area contributed by atoms with Gasteiger partial charge in [0.15, 0.2) is 5.96 Å². The van der Waals surface area contributed by atoms with Gasteiger partial charge in [-0.2, -0.15) is 0 Å². The molecule has 0 aliphatic heterocycles. The van der Waals surface area contributed by atoms with E-state index in [0.29, 0.717) is 13.2 Å². The fourth-order valence-electron chi connectivity index (χ4n) is 1.79. The van der Waals surface area contributed by atoms with Crippen molar-refractivity contribution in [3.8, 4) is 5.75 Å². The number of nitrogens with zero attached hydrogens (tertiary/aromatic N) is 1. The van der Waals surface area contributed by atoms with Gasteiger partial charge in [0.2, 0.25) is 0 Å². The van der Waals surface area contributed by atoms with Gasteiger partial charge in [-0.25, -0.2) is 0 Å². The third kappa shape index (κ3) is 6.99. The van der Waals surface area contributed by atoms with Crippen molar-refractivity contribution in [2.45, 2.75) is 26.9 Å². The molecule has 0 amide bonds. The van der Waals surface area contributed by atoms with Crippen molar-refractivity contribution < 1.29 is 9.47 Å². The average Bonchev–Trinajstić information content (AvgIpc) is 2.49. The molecule has 0 fully saturated rings. The second-order valence-electron chi connectivity index (χ2n) is 4.77. The van der Waals surface area contributed by atoms with E-state index < -0.39 is 0 Å². The molecule has 1 aromatic carbocycles. The van der Waals surface area contributed by atoms with Gasteiger partial charge in [0.05, 0.1) is 13.2 Å². The summed E-state index contributed by atoms with van der Waals surface area (Å²) in [6.45, 7) is 8.89. The lowest BCUT2D eigenvalue weighted by Crippen LogP contribution is -2.42. The molecule has 0 heterocycles. The first-order valence-electron chi connectivity index (χ1n) is 7.42. The summed E-state index contributed by atoms with van der Waals surface area (Å²) >= 11 is 0. The molecule has 1 rings (SSSR count). The number of hydrogen-bond donors (Lipinski definition) is 2. The Labute approximate surface area is 127 Å². The maximum Gasteiger partial charge on any atom is 0.191 e. The van der Waals surface area contributed by atoms with Gasteiger partial charge in [0.25, 0.3) is 0 Å². The van der Waals surface area contributed by atoms with E-state index in [1.807, 2.05) is 45.0 Å². The lowest BCUT2D eigenvalue weighted by atomic mass is 10.2. The minimum absolute atomic E-state index is 0.0524. The lowest BCUT2D eigenvalue weighted by Gasteiger charge is -2.18. The standard InChI is InChI=1S/C16H27N3O2/c1-5-20-11-10-18-16(17-4)19-12-14(3)21-15-9-7-6-8-13(15)2/h6-9,14H,5,10-12H2,1-4H3,(H2,17,18,19). The van der Waals surface area contributed by atoms with Crippen LogP contribution < -0.4 is 15.4 Å². The van der Waals surface area contributed by atoms with Crippen molar-refractivity contribution in [1.82, 2.24) is 10.6 Å². The Morgan fingerprint density at radius 3 is 2.71 bits per heavy atom. The van der Waals surface area contributed by atoms with Crippen LogP contribution in [0.2, 0.25) is 0 Å². The second-order valence-corrected chi connectivity index (χ2v) is 4.77. The molecule has 0 saturated carbocycles. The van der Waals surface area contributed by atoms with Gasteiger partial charge >= 0.3 is 0 Å². The van der Waals surface area contributed by atoms with Crippen LogP contribution in [0.4, 0.5) is 0 Å². The van der Waals surface area contributed by atoms with Crippen LogP contribution in [-0.4, -0.2) is 45.4 Å². The molecule has 0 radical (unpaired) electrons. The van der Waals surface area contributed by atoms with Crippen LogP contribution in [0.15, 0.2) is 29.3 Å². The first-order valence-corrected chi connectivity index (χ1v) is 7.42. The molecule has 5 nitrogen and oxygen atoms in total. The summed E-state index contributed by atoms with van der Waals surface area (Å²) in [5.41, 5.74) is 1.14. The quantitative estimate of drug-likeness (QED) is 0.437. The molecule has 0 saturated heterocycles. The summed E-state index contributed by atoms with van der Waals surface area (Å²) in [7, 11) is 1.75. The summed E-state index contributed by atoms with van der Waals surface area (Å²) < 4.78 is 11.2. The Kier molecular flexibility index (Phi) is 8.28. The minimum Gasteiger partial charge on any atom is -0.489 e. The molecular formula is C16H27N3O2. The molecule has 21 heavy (non-hydrogen) atoms. The predicted octanol–water partition coefficient (Wildman–Crippen LogP) is 1.96. The predicted molar refractivity (Wildman–Crippen MR) is 87.1 cm³/mol. The van der Waals surface area contributed by atoms with Crippen molar-refractivity contribution in [1.29, 1.82) is 0 Å². The van der Waals surface area contributed by atoms with E-state index in [9.17, 15) is 0 Å². The Morgan fingerprint density at radius 1 is 1.29 bits per heavy atom. The number of ether oxygens (including phenoxy) is 2. The normalized spacial score (nSPS) is 12.9. The van der Waals surface area contributed by atoms with Crippen LogP contribution in [0.25, 0.3) is 0 Å². The number of nitrogens with one attached hydrogen (secondary N) is 2. The molecule has 0 aromatic heterocycles.